The second kappa shape index (κ2) is 5.68. The van der Waals surface area contributed by atoms with E-state index in [1.165, 1.54) is 12.8 Å². The van der Waals surface area contributed by atoms with Gasteiger partial charge < -0.3 is 15.2 Å². The van der Waals surface area contributed by atoms with Gasteiger partial charge in [0, 0.05) is 47.2 Å². The van der Waals surface area contributed by atoms with Crippen molar-refractivity contribution in [3.8, 4) is 6.07 Å². The number of anilines is 1. The Labute approximate surface area is 172 Å². The number of benzene rings is 1. The van der Waals surface area contributed by atoms with Crippen LogP contribution in [-0.4, -0.2) is 40.9 Å². The number of carbonyl (C=O) groups excluding carboxylic acids is 1. The van der Waals surface area contributed by atoms with Crippen molar-refractivity contribution < 1.29 is 4.79 Å². The van der Waals surface area contributed by atoms with Gasteiger partial charge in [-0.15, -0.1) is 0 Å². The summed E-state index contributed by atoms with van der Waals surface area (Å²) >= 11 is 1.55. The number of hydrogen-bond acceptors (Lipinski definition) is 6. The highest BCUT2D eigenvalue weighted by Crippen LogP contribution is 2.47. The summed E-state index contributed by atoms with van der Waals surface area (Å²) in [5.74, 6) is 0.0523. The molecule has 29 heavy (non-hydrogen) atoms. The first-order valence-electron chi connectivity index (χ1n) is 10.1. The van der Waals surface area contributed by atoms with Crippen LogP contribution in [0.25, 0.3) is 10.9 Å². The second-order valence-corrected chi connectivity index (χ2v) is 9.80. The molecule has 1 aliphatic carbocycles. The van der Waals surface area contributed by atoms with E-state index in [0.29, 0.717) is 17.6 Å². The van der Waals surface area contributed by atoms with Crippen LogP contribution in [0.15, 0.2) is 18.2 Å². The quantitative estimate of drug-likeness (QED) is 0.651. The molecular weight excluding hydrogens is 382 g/mol. The largest absolute Gasteiger partial charge is 0.357 e. The van der Waals surface area contributed by atoms with Crippen molar-refractivity contribution in [3.63, 3.8) is 0 Å². The number of nitriles is 1. The molecule has 2 N–H and O–H groups in total. The van der Waals surface area contributed by atoms with Crippen LogP contribution in [0.2, 0.25) is 0 Å². The Bertz CT molecular complexity index is 1210. The number of carbonyl (C=O) groups is 1. The number of piperazine rings is 1. The first-order valence-corrected chi connectivity index (χ1v) is 10.9. The number of hydrogen-bond donors (Lipinski definition) is 2. The van der Waals surface area contributed by atoms with Crippen molar-refractivity contribution in [1.29, 1.82) is 5.26 Å². The number of thiazole rings is 1. The molecule has 2 unspecified atom stereocenters. The summed E-state index contributed by atoms with van der Waals surface area (Å²) in [5.41, 5.74) is 3.55. The molecule has 2 fully saturated rings. The molecule has 1 aromatic carbocycles. The maximum atomic E-state index is 13.6. The van der Waals surface area contributed by atoms with E-state index in [4.69, 9.17) is 4.98 Å². The Hall–Kier alpha value is -2.69. The molecule has 146 valence electrons. The summed E-state index contributed by atoms with van der Waals surface area (Å²) in [6, 6.07) is 8.62. The molecule has 0 saturated carbocycles. The smallest absolute Gasteiger partial charge is 0.207 e. The molecule has 0 spiro atoms. The van der Waals surface area contributed by atoms with Crippen molar-refractivity contribution in [2.24, 2.45) is 0 Å². The average Bonchev–Trinajstić information content (AvgIpc) is 3.38. The molecule has 0 amide bonds. The fraction of sp³-hybridized carbons (Fsp3) is 0.409. The maximum Gasteiger partial charge on any atom is 0.207 e. The summed E-state index contributed by atoms with van der Waals surface area (Å²) in [6.07, 6.45) is 2.37. The summed E-state index contributed by atoms with van der Waals surface area (Å²) < 4.78 is 0. The number of ketones is 1. The summed E-state index contributed by atoms with van der Waals surface area (Å²) in [5, 5.41) is 14.6. The molecule has 3 aromatic rings. The van der Waals surface area contributed by atoms with Crippen LogP contribution >= 0.6 is 11.3 Å². The number of fused-ring (bicyclic) bond motifs is 6. The zero-order chi connectivity index (χ0) is 19.9. The van der Waals surface area contributed by atoms with Gasteiger partial charge in [0.2, 0.25) is 5.78 Å². The second-order valence-electron chi connectivity index (χ2n) is 8.83. The number of aromatic nitrogens is 2. The molecule has 0 radical (unpaired) electrons. The molecule has 4 heterocycles. The van der Waals surface area contributed by atoms with Crippen LogP contribution in [0.4, 0.5) is 5.13 Å². The molecule has 3 aliphatic rings. The van der Waals surface area contributed by atoms with Gasteiger partial charge in [0.25, 0.3) is 0 Å². The molecule has 2 atom stereocenters. The van der Waals surface area contributed by atoms with Crippen molar-refractivity contribution in [3.05, 3.63) is 45.6 Å². The lowest BCUT2D eigenvalue weighted by molar-refractivity contribution is 0.103. The van der Waals surface area contributed by atoms with Crippen LogP contribution in [0.1, 0.15) is 58.9 Å². The number of nitrogens with one attached hydrogen (secondary N) is 2. The SMILES string of the molecule is CC1(C)c2nc(N3C4CCC3CNC4)sc2C(=O)c2c1[nH]c1cc(C#N)ccc21. The maximum absolute atomic E-state index is 13.6. The van der Waals surface area contributed by atoms with Gasteiger partial charge >= 0.3 is 0 Å². The Kier molecular flexibility index (Phi) is 3.37. The van der Waals surface area contributed by atoms with Gasteiger partial charge in [0.05, 0.1) is 22.9 Å². The molecular formula is C22H21N5OS. The van der Waals surface area contributed by atoms with E-state index in [1.807, 2.05) is 12.1 Å². The monoisotopic (exact) mass is 403 g/mol. The number of H-pyrrole nitrogens is 1. The van der Waals surface area contributed by atoms with E-state index in [2.05, 4.69) is 35.1 Å². The van der Waals surface area contributed by atoms with E-state index < -0.39 is 5.41 Å². The zero-order valence-corrected chi connectivity index (χ0v) is 17.2. The third-order valence-corrected chi connectivity index (χ3v) is 7.86. The van der Waals surface area contributed by atoms with Gasteiger partial charge in [-0.25, -0.2) is 4.98 Å². The predicted molar refractivity (Wildman–Crippen MR) is 113 cm³/mol. The van der Waals surface area contributed by atoms with E-state index in [0.717, 1.165) is 51.0 Å². The molecule has 6 rings (SSSR count). The number of rotatable bonds is 1. The van der Waals surface area contributed by atoms with Gasteiger partial charge in [-0.2, -0.15) is 5.26 Å². The Morgan fingerprint density at radius 3 is 2.76 bits per heavy atom. The van der Waals surface area contributed by atoms with E-state index in [9.17, 15) is 10.1 Å². The van der Waals surface area contributed by atoms with E-state index >= 15 is 0 Å². The minimum Gasteiger partial charge on any atom is -0.357 e. The van der Waals surface area contributed by atoms with Crippen molar-refractivity contribution in [1.82, 2.24) is 15.3 Å². The normalized spacial score (nSPS) is 24.4. The highest BCUT2D eigenvalue weighted by atomic mass is 32.1. The third kappa shape index (κ3) is 2.19. The van der Waals surface area contributed by atoms with Gasteiger partial charge in [0.15, 0.2) is 5.13 Å². The highest BCUT2D eigenvalue weighted by Gasteiger charge is 2.45. The lowest BCUT2D eigenvalue weighted by Crippen LogP contribution is -2.52. The van der Waals surface area contributed by atoms with E-state index in [-0.39, 0.29) is 5.78 Å². The molecule has 2 aromatic heterocycles. The lowest BCUT2D eigenvalue weighted by atomic mass is 9.77. The average molecular weight is 404 g/mol. The predicted octanol–water partition coefficient (Wildman–Crippen LogP) is 3.31. The minimum absolute atomic E-state index is 0.0523. The third-order valence-electron chi connectivity index (χ3n) is 6.79. The van der Waals surface area contributed by atoms with Gasteiger partial charge in [-0.3, -0.25) is 4.79 Å². The molecule has 6 nitrogen and oxygen atoms in total. The van der Waals surface area contributed by atoms with Crippen LogP contribution in [0.3, 0.4) is 0 Å². The van der Waals surface area contributed by atoms with Crippen molar-refractivity contribution in [2.45, 2.75) is 44.2 Å². The molecule has 2 saturated heterocycles. The first-order chi connectivity index (χ1) is 14.0. The van der Waals surface area contributed by atoms with Gasteiger partial charge in [-0.1, -0.05) is 17.4 Å². The fourth-order valence-corrected chi connectivity index (χ4v) is 6.61. The van der Waals surface area contributed by atoms with Crippen LogP contribution < -0.4 is 10.2 Å². The molecule has 2 aliphatic heterocycles. The Morgan fingerprint density at radius 2 is 2.03 bits per heavy atom. The van der Waals surface area contributed by atoms with E-state index in [1.54, 1.807) is 17.4 Å². The summed E-state index contributed by atoms with van der Waals surface area (Å²) in [4.78, 5) is 25.3. The summed E-state index contributed by atoms with van der Waals surface area (Å²) in [7, 11) is 0. The van der Waals surface area contributed by atoms with Crippen LogP contribution in [-0.2, 0) is 5.41 Å². The molecule has 7 heteroatoms. The number of aromatic amines is 1. The minimum atomic E-state index is -0.397. The lowest BCUT2D eigenvalue weighted by Gasteiger charge is -2.35. The van der Waals surface area contributed by atoms with Crippen molar-refractivity contribution >= 4 is 33.2 Å². The highest BCUT2D eigenvalue weighted by molar-refractivity contribution is 7.18. The van der Waals surface area contributed by atoms with Gasteiger partial charge in [-0.05, 0) is 38.8 Å². The van der Waals surface area contributed by atoms with Crippen LogP contribution in [0, 0.1) is 11.3 Å². The topological polar surface area (TPSA) is 84.8 Å². The standard InChI is InChI=1S/C22H21N5OS/c1-22(2)19-16(14-6-3-11(8-23)7-15(14)25-19)17(28)18-20(22)26-21(29-18)27-12-4-5-13(27)10-24-9-12/h3,6-7,12-13,24-25H,4-5,9-10H2,1-2H3. The summed E-state index contributed by atoms with van der Waals surface area (Å²) in [6.45, 7) is 6.24. The fourth-order valence-electron chi connectivity index (χ4n) is 5.29. The zero-order valence-electron chi connectivity index (χ0n) is 16.4. The van der Waals surface area contributed by atoms with Crippen molar-refractivity contribution in [2.75, 3.05) is 18.0 Å². The van der Waals surface area contributed by atoms with Gasteiger partial charge in [0.1, 0.15) is 4.88 Å². The number of nitrogens with zero attached hydrogens (tertiary/aromatic N) is 3. The molecule has 2 bridgehead atoms. The first kappa shape index (κ1) is 17.2. The van der Waals surface area contributed by atoms with Crippen LogP contribution in [0.5, 0.6) is 0 Å². The Balaban J connectivity index is 1.52. The Morgan fingerprint density at radius 1 is 1.28 bits per heavy atom.